The van der Waals surface area contributed by atoms with Crippen LogP contribution in [0.4, 0.5) is 0 Å². The van der Waals surface area contributed by atoms with Gasteiger partial charge in [0.1, 0.15) is 0 Å². The van der Waals surface area contributed by atoms with Crippen LogP contribution in [-0.4, -0.2) is 0 Å². The Labute approximate surface area is 93.9 Å². The second-order valence-electron chi connectivity index (χ2n) is 4.85. The Balaban J connectivity index is 0.000000337. The number of benzene rings is 1. The van der Waals surface area contributed by atoms with Crippen LogP contribution in [0.15, 0.2) is 18.2 Å². The molecule has 0 aromatic heterocycles. The number of hydrogen-bond acceptors (Lipinski definition) is 1. The van der Waals surface area contributed by atoms with E-state index in [1.54, 1.807) is 0 Å². The normalized spacial score (nSPS) is 16.6. The van der Waals surface area contributed by atoms with Crippen LogP contribution in [0, 0.1) is 6.92 Å². The minimum absolute atomic E-state index is 0.170. The molecule has 0 atom stereocenters. The van der Waals surface area contributed by atoms with E-state index in [1.807, 2.05) is 0 Å². The first kappa shape index (κ1) is 12.3. The summed E-state index contributed by atoms with van der Waals surface area (Å²) in [5.74, 6) is 0. The Morgan fingerprint density at radius 1 is 1.27 bits per heavy atom. The third-order valence-corrected chi connectivity index (χ3v) is 2.65. The summed E-state index contributed by atoms with van der Waals surface area (Å²) in [7, 11) is 0. The lowest BCUT2D eigenvalue weighted by Crippen LogP contribution is -2.28. The Hall–Kier alpha value is -0.820. The summed E-state index contributed by atoms with van der Waals surface area (Å²) < 4.78 is 0. The van der Waals surface area contributed by atoms with Crippen molar-refractivity contribution in [2.24, 2.45) is 0 Å². The lowest BCUT2D eigenvalue weighted by atomic mass is 9.94. The van der Waals surface area contributed by atoms with Gasteiger partial charge in [-0.1, -0.05) is 44.0 Å². The third-order valence-electron chi connectivity index (χ3n) is 2.65. The number of hydrogen-bond donors (Lipinski definition) is 1. The molecule has 0 bridgehead atoms. The maximum atomic E-state index is 3.49. The van der Waals surface area contributed by atoms with Gasteiger partial charge in [0.2, 0.25) is 0 Å². The van der Waals surface area contributed by atoms with Crippen LogP contribution in [-0.2, 0) is 12.1 Å². The van der Waals surface area contributed by atoms with Crippen LogP contribution in [0.2, 0.25) is 0 Å². The molecule has 15 heavy (non-hydrogen) atoms. The molecule has 1 heteroatoms. The quantitative estimate of drug-likeness (QED) is 0.680. The number of aryl methyl sites for hydroxylation is 1. The van der Waals surface area contributed by atoms with Crippen molar-refractivity contribution in [3.8, 4) is 0 Å². The highest BCUT2D eigenvalue weighted by Gasteiger charge is 2.28. The minimum Gasteiger partial charge on any atom is -0.304 e. The second kappa shape index (κ2) is 4.80. The highest BCUT2D eigenvalue weighted by Crippen LogP contribution is 2.30. The van der Waals surface area contributed by atoms with Gasteiger partial charge in [0.05, 0.1) is 0 Å². The Bertz CT molecular complexity index is 326. The van der Waals surface area contributed by atoms with Gasteiger partial charge in [0.15, 0.2) is 0 Å². The van der Waals surface area contributed by atoms with Crippen molar-refractivity contribution < 1.29 is 0 Å². The average Bonchev–Trinajstić information content (AvgIpc) is 2.43. The number of fused-ring (bicyclic) bond motifs is 1. The molecule has 1 aromatic rings. The van der Waals surface area contributed by atoms with Crippen molar-refractivity contribution in [1.82, 2.24) is 5.32 Å². The predicted molar refractivity (Wildman–Crippen MR) is 67.0 cm³/mol. The molecule has 0 fully saturated rings. The van der Waals surface area contributed by atoms with Gasteiger partial charge in [-0.25, -0.2) is 0 Å². The molecule has 0 amide bonds. The maximum Gasteiger partial charge on any atom is 0.0383 e. The van der Waals surface area contributed by atoms with E-state index in [2.05, 4.69) is 58.1 Å². The molecule has 0 unspecified atom stereocenters. The monoisotopic (exact) mass is 205 g/mol. The summed E-state index contributed by atoms with van der Waals surface area (Å²) in [5.41, 5.74) is 4.43. The van der Waals surface area contributed by atoms with Crippen molar-refractivity contribution >= 4 is 0 Å². The maximum absolute atomic E-state index is 3.49. The first-order valence-electron chi connectivity index (χ1n) is 5.86. The fraction of sp³-hybridized carbons (Fsp3) is 0.571. The van der Waals surface area contributed by atoms with Crippen LogP contribution in [0.3, 0.4) is 0 Å². The predicted octanol–water partition coefficient (Wildman–Crippen LogP) is 3.75. The molecule has 0 spiro atoms. The molecule has 1 aliphatic rings. The summed E-state index contributed by atoms with van der Waals surface area (Å²) in [6.45, 7) is 11.9. The Morgan fingerprint density at radius 3 is 2.47 bits per heavy atom. The van der Waals surface area contributed by atoms with Gasteiger partial charge in [-0.05, 0) is 31.9 Å². The molecular weight excluding hydrogens is 182 g/mol. The number of rotatable bonds is 0. The van der Waals surface area contributed by atoms with Gasteiger partial charge in [0, 0.05) is 12.1 Å². The van der Waals surface area contributed by atoms with E-state index in [0.29, 0.717) is 0 Å². The fourth-order valence-corrected chi connectivity index (χ4v) is 1.89. The van der Waals surface area contributed by atoms with Crippen molar-refractivity contribution in [3.05, 3.63) is 34.9 Å². The van der Waals surface area contributed by atoms with Gasteiger partial charge in [-0.15, -0.1) is 0 Å². The van der Waals surface area contributed by atoms with Crippen LogP contribution >= 0.6 is 0 Å². The molecule has 1 N–H and O–H groups in total. The minimum atomic E-state index is 0.170. The molecule has 84 valence electrons. The molecule has 2 rings (SSSR count). The van der Waals surface area contributed by atoms with E-state index in [1.165, 1.54) is 23.1 Å². The number of nitrogens with one attached hydrogen (secondary N) is 1. The summed E-state index contributed by atoms with van der Waals surface area (Å²) in [6.07, 6.45) is 1.25. The zero-order chi connectivity index (χ0) is 11.5. The summed E-state index contributed by atoms with van der Waals surface area (Å²) in [6, 6.07) is 6.70. The summed E-state index contributed by atoms with van der Waals surface area (Å²) >= 11 is 0. The molecule has 1 aliphatic heterocycles. The van der Waals surface area contributed by atoms with E-state index in [0.717, 1.165) is 6.54 Å². The van der Waals surface area contributed by atoms with E-state index < -0.39 is 0 Å². The van der Waals surface area contributed by atoms with Gasteiger partial charge >= 0.3 is 0 Å². The van der Waals surface area contributed by atoms with Crippen LogP contribution in [0.5, 0.6) is 0 Å². The summed E-state index contributed by atoms with van der Waals surface area (Å²) in [5, 5.41) is 3.49. The molecule has 1 heterocycles. The standard InChI is InChI=1S/C11H15N.C3H8/c1-8-4-5-10-9(6-8)7-12-11(10,2)3;1-3-2/h4-6,12H,7H2,1-3H3;3H2,1-2H3. The molecule has 1 nitrogen and oxygen atoms in total. The van der Waals surface area contributed by atoms with Crippen LogP contribution < -0.4 is 5.32 Å². The molecule has 0 radical (unpaired) electrons. The van der Waals surface area contributed by atoms with Crippen LogP contribution in [0.1, 0.15) is 50.8 Å². The van der Waals surface area contributed by atoms with Crippen molar-refractivity contribution in [3.63, 3.8) is 0 Å². The SMILES string of the molecule is CCC.Cc1ccc2c(c1)CNC2(C)C. The first-order valence-corrected chi connectivity index (χ1v) is 5.86. The van der Waals surface area contributed by atoms with Crippen molar-refractivity contribution in [1.29, 1.82) is 0 Å². The second-order valence-corrected chi connectivity index (χ2v) is 4.85. The van der Waals surface area contributed by atoms with Crippen molar-refractivity contribution in [2.45, 2.75) is 53.1 Å². The van der Waals surface area contributed by atoms with Gasteiger partial charge in [-0.2, -0.15) is 0 Å². The molecule has 0 aliphatic carbocycles. The lowest BCUT2D eigenvalue weighted by molar-refractivity contribution is 0.442. The van der Waals surface area contributed by atoms with Gasteiger partial charge in [-0.3, -0.25) is 0 Å². The topological polar surface area (TPSA) is 12.0 Å². The van der Waals surface area contributed by atoms with E-state index in [4.69, 9.17) is 0 Å². The summed E-state index contributed by atoms with van der Waals surface area (Å²) in [4.78, 5) is 0. The van der Waals surface area contributed by atoms with E-state index >= 15 is 0 Å². The molecular formula is C14H23N. The molecule has 0 saturated carbocycles. The van der Waals surface area contributed by atoms with Gasteiger partial charge in [0.25, 0.3) is 0 Å². The van der Waals surface area contributed by atoms with Gasteiger partial charge < -0.3 is 5.32 Å². The van der Waals surface area contributed by atoms with Crippen molar-refractivity contribution in [2.75, 3.05) is 0 Å². The Morgan fingerprint density at radius 2 is 1.87 bits per heavy atom. The highest BCUT2D eigenvalue weighted by molar-refractivity contribution is 5.39. The Kier molecular flexibility index (Phi) is 3.92. The third kappa shape index (κ3) is 2.82. The van der Waals surface area contributed by atoms with E-state index in [9.17, 15) is 0 Å². The lowest BCUT2D eigenvalue weighted by Gasteiger charge is -2.19. The fourth-order valence-electron chi connectivity index (χ4n) is 1.89. The molecule has 1 aromatic carbocycles. The average molecular weight is 205 g/mol. The smallest absolute Gasteiger partial charge is 0.0383 e. The zero-order valence-electron chi connectivity index (χ0n) is 10.6. The van der Waals surface area contributed by atoms with E-state index in [-0.39, 0.29) is 5.54 Å². The highest BCUT2D eigenvalue weighted by atomic mass is 15.0. The van der Waals surface area contributed by atoms with Crippen LogP contribution in [0.25, 0.3) is 0 Å². The largest absolute Gasteiger partial charge is 0.304 e. The molecule has 0 saturated heterocycles. The first-order chi connectivity index (χ1) is 7.01. The zero-order valence-corrected chi connectivity index (χ0v) is 10.6.